The average molecular weight is 113 g/mol. The molecule has 1 N–H and O–H groups in total. The molecule has 0 unspecified atom stereocenters. The zero-order chi connectivity index (χ0) is 6.15. The fraction of sp³-hybridized carbons (Fsp3) is 0.600. The minimum absolute atomic E-state index is 0.0230. The summed E-state index contributed by atoms with van der Waals surface area (Å²) in [5.74, 6) is 0.0230. The lowest BCUT2D eigenvalue weighted by molar-refractivity contribution is -0.135. The van der Waals surface area contributed by atoms with Crippen LogP contribution < -0.4 is 5.32 Å². The van der Waals surface area contributed by atoms with Gasteiger partial charge in [0.1, 0.15) is 0 Å². The summed E-state index contributed by atoms with van der Waals surface area (Å²) < 4.78 is 0. The molecule has 0 spiro atoms. The summed E-state index contributed by atoms with van der Waals surface area (Å²) >= 11 is 0. The minimum Gasteiger partial charge on any atom is -0.346 e. The van der Waals surface area contributed by atoms with Crippen molar-refractivity contribution in [3.63, 3.8) is 0 Å². The lowest BCUT2D eigenvalue weighted by Gasteiger charge is -2.23. The second-order valence-electron chi connectivity index (χ2n) is 1.93. The van der Waals surface area contributed by atoms with Crippen LogP contribution in [0.25, 0.3) is 0 Å². The highest BCUT2D eigenvalue weighted by atomic mass is 16.2. The predicted octanol–water partition coefficient (Wildman–Crippen LogP) is -0.536. The number of amides is 1. The number of β-lactam (4-membered cyclic amide) rings is 1. The van der Waals surface area contributed by atoms with Crippen LogP contribution in [0.15, 0.2) is 0 Å². The molecule has 0 radical (unpaired) electrons. The largest absolute Gasteiger partial charge is 0.346 e. The molecule has 1 aliphatic rings. The van der Waals surface area contributed by atoms with Crippen LogP contribution in [0.4, 0.5) is 0 Å². The highest BCUT2D eigenvalue weighted by Gasteiger charge is 2.28. The normalized spacial score (nSPS) is 26.1. The van der Waals surface area contributed by atoms with Gasteiger partial charge in [-0.15, -0.1) is 0 Å². The lowest BCUT2D eigenvalue weighted by Crippen LogP contribution is -2.52. The number of hydrogen-bond acceptors (Lipinski definition) is 2. The minimum atomic E-state index is -0.178. The molecule has 1 amide bonds. The van der Waals surface area contributed by atoms with Gasteiger partial charge in [-0.1, -0.05) is 0 Å². The summed E-state index contributed by atoms with van der Waals surface area (Å²) in [4.78, 5) is 20.5. The Balaban J connectivity index is 2.35. The van der Waals surface area contributed by atoms with E-state index in [-0.39, 0.29) is 17.7 Å². The summed E-state index contributed by atoms with van der Waals surface area (Å²) in [5, 5.41) is 2.45. The number of hydrogen-bond donors (Lipinski definition) is 1. The van der Waals surface area contributed by atoms with Crippen LogP contribution in [-0.4, -0.2) is 17.7 Å². The average Bonchev–Trinajstić information content (AvgIpc) is 1.57. The highest BCUT2D eigenvalue weighted by Crippen LogP contribution is 2.03. The monoisotopic (exact) mass is 113 g/mol. The first kappa shape index (κ1) is 5.28. The van der Waals surface area contributed by atoms with E-state index in [0.717, 1.165) is 0 Å². The van der Waals surface area contributed by atoms with E-state index in [1.807, 2.05) is 0 Å². The van der Waals surface area contributed by atoms with Crippen LogP contribution in [0, 0.1) is 0 Å². The van der Waals surface area contributed by atoms with Gasteiger partial charge in [-0.25, -0.2) is 0 Å². The summed E-state index contributed by atoms with van der Waals surface area (Å²) in [5.41, 5.74) is 0. The molecule has 0 bridgehead atoms. The Labute approximate surface area is 47.1 Å². The second-order valence-corrected chi connectivity index (χ2v) is 1.93. The number of rotatable bonds is 1. The van der Waals surface area contributed by atoms with Crippen molar-refractivity contribution in [2.45, 2.75) is 19.4 Å². The maximum absolute atomic E-state index is 10.4. The molecule has 1 fully saturated rings. The van der Waals surface area contributed by atoms with Crippen molar-refractivity contribution in [3.05, 3.63) is 0 Å². The first-order valence-corrected chi connectivity index (χ1v) is 2.50. The van der Waals surface area contributed by atoms with E-state index in [1.165, 1.54) is 6.92 Å². The van der Waals surface area contributed by atoms with Crippen LogP contribution in [0.2, 0.25) is 0 Å². The molecule has 1 heterocycles. The van der Waals surface area contributed by atoms with Gasteiger partial charge >= 0.3 is 0 Å². The van der Waals surface area contributed by atoms with Gasteiger partial charge < -0.3 is 5.32 Å². The van der Waals surface area contributed by atoms with E-state index in [2.05, 4.69) is 5.32 Å². The molecule has 1 aliphatic heterocycles. The summed E-state index contributed by atoms with van der Waals surface area (Å²) in [6.07, 6.45) is 0.384. The third kappa shape index (κ3) is 0.710. The van der Waals surface area contributed by atoms with E-state index in [9.17, 15) is 9.59 Å². The Morgan fingerprint density at radius 1 is 1.88 bits per heavy atom. The second kappa shape index (κ2) is 1.58. The van der Waals surface area contributed by atoms with Crippen molar-refractivity contribution in [1.82, 2.24) is 5.32 Å². The summed E-state index contributed by atoms with van der Waals surface area (Å²) in [6.45, 7) is 1.48. The van der Waals surface area contributed by atoms with Gasteiger partial charge in [-0.05, 0) is 6.92 Å². The number of carbonyl (C=O) groups is 2. The molecule has 3 nitrogen and oxygen atoms in total. The zero-order valence-corrected chi connectivity index (χ0v) is 4.60. The number of ketones is 1. The maximum Gasteiger partial charge on any atom is 0.223 e. The van der Waals surface area contributed by atoms with Crippen LogP contribution in [-0.2, 0) is 9.59 Å². The highest BCUT2D eigenvalue weighted by molar-refractivity contribution is 5.97. The SMILES string of the molecule is CC(=O)[C@@H]1CC(=O)N1. The number of carbonyl (C=O) groups excluding carboxylic acids is 2. The van der Waals surface area contributed by atoms with Crippen molar-refractivity contribution in [1.29, 1.82) is 0 Å². The Morgan fingerprint density at radius 3 is 2.50 bits per heavy atom. The smallest absolute Gasteiger partial charge is 0.223 e. The Hall–Kier alpha value is -0.860. The van der Waals surface area contributed by atoms with Gasteiger partial charge in [0.2, 0.25) is 5.91 Å². The molecule has 1 atom stereocenters. The topological polar surface area (TPSA) is 46.2 Å². The molecule has 1 saturated heterocycles. The standard InChI is InChI=1S/C5H7NO2/c1-3(7)4-2-5(8)6-4/h4H,2H2,1H3,(H,6,8)/t4-/m0/s1. The zero-order valence-electron chi connectivity index (χ0n) is 4.60. The molecule has 3 heteroatoms. The quantitative estimate of drug-likeness (QED) is 0.464. The van der Waals surface area contributed by atoms with Gasteiger partial charge in [0.05, 0.1) is 12.5 Å². The number of nitrogens with one attached hydrogen (secondary N) is 1. The van der Waals surface area contributed by atoms with Crippen molar-refractivity contribution < 1.29 is 9.59 Å². The molecule has 1 rings (SSSR count). The molecule has 0 aromatic heterocycles. The fourth-order valence-electron chi connectivity index (χ4n) is 0.604. The maximum atomic E-state index is 10.4. The first-order valence-electron chi connectivity index (χ1n) is 2.50. The van der Waals surface area contributed by atoms with Crippen molar-refractivity contribution in [3.8, 4) is 0 Å². The molecule has 0 saturated carbocycles. The Kier molecular flexibility index (Phi) is 1.04. The summed E-state index contributed by atoms with van der Waals surface area (Å²) in [6, 6.07) is -0.178. The summed E-state index contributed by atoms with van der Waals surface area (Å²) in [7, 11) is 0. The van der Waals surface area contributed by atoms with Crippen molar-refractivity contribution in [2.75, 3.05) is 0 Å². The Morgan fingerprint density at radius 2 is 2.38 bits per heavy atom. The molecular weight excluding hydrogens is 106 g/mol. The predicted molar refractivity (Wildman–Crippen MR) is 27.2 cm³/mol. The van der Waals surface area contributed by atoms with Crippen LogP contribution >= 0.6 is 0 Å². The van der Waals surface area contributed by atoms with E-state index in [0.29, 0.717) is 6.42 Å². The molecule has 44 valence electrons. The first-order chi connectivity index (χ1) is 3.70. The lowest BCUT2D eigenvalue weighted by atomic mass is 10.0. The van der Waals surface area contributed by atoms with E-state index >= 15 is 0 Å². The third-order valence-corrected chi connectivity index (χ3v) is 1.22. The van der Waals surface area contributed by atoms with Gasteiger partial charge in [0.25, 0.3) is 0 Å². The van der Waals surface area contributed by atoms with Gasteiger partial charge in [-0.2, -0.15) is 0 Å². The van der Waals surface area contributed by atoms with Crippen LogP contribution in [0.5, 0.6) is 0 Å². The van der Waals surface area contributed by atoms with Gasteiger partial charge in [0, 0.05) is 0 Å². The van der Waals surface area contributed by atoms with E-state index < -0.39 is 0 Å². The Bertz CT molecular complexity index is 133. The van der Waals surface area contributed by atoms with E-state index in [4.69, 9.17) is 0 Å². The van der Waals surface area contributed by atoms with Crippen molar-refractivity contribution in [2.24, 2.45) is 0 Å². The fourth-order valence-corrected chi connectivity index (χ4v) is 0.604. The van der Waals surface area contributed by atoms with Gasteiger partial charge in [-0.3, -0.25) is 9.59 Å². The third-order valence-electron chi connectivity index (χ3n) is 1.22. The van der Waals surface area contributed by atoms with Crippen molar-refractivity contribution >= 4 is 11.7 Å². The molecule has 0 aromatic carbocycles. The molecule has 0 aromatic rings. The number of Topliss-reactive ketones (excluding diaryl/α,β-unsaturated/α-hetero) is 1. The molecule has 8 heavy (non-hydrogen) atoms. The van der Waals surface area contributed by atoms with Crippen LogP contribution in [0.1, 0.15) is 13.3 Å². The molecular formula is C5H7NO2. The van der Waals surface area contributed by atoms with E-state index in [1.54, 1.807) is 0 Å². The molecule has 0 aliphatic carbocycles. The van der Waals surface area contributed by atoms with Crippen LogP contribution in [0.3, 0.4) is 0 Å². The van der Waals surface area contributed by atoms with Gasteiger partial charge in [0.15, 0.2) is 5.78 Å².